The first kappa shape index (κ1) is 21.8. The van der Waals surface area contributed by atoms with E-state index in [1.54, 1.807) is 7.11 Å². The van der Waals surface area contributed by atoms with Crippen LogP contribution in [0.3, 0.4) is 0 Å². The third-order valence-electron chi connectivity index (χ3n) is 5.42. The van der Waals surface area contributed by atoms with E-state index in [0.717, 1.165) is 49.4 Å². The number of amides is 2. The van der Waals surface area contributed by atoms with Crippen molar-refractivity contribution in [2.45, 2.75) is 45.2 Å². The quantitative estimate of drug-likeness (QED) is 0.653. The lowest BCUT2D eigenvalue weighted by molar-refractivity contribution is 0.180. The molecule has 0 saturated carbocycles. The van der Waals surface area contributed by atoms with Crippen LogP contribution in [0.4, 0.5) is 10.5 Å². The fourth-order valence-corrected chi connectivity index (χ4v) is 3.64. The average Bonchev–Trinajstić information content (AvgIpc) is 2.78. The summed E-state index contributed by atoms with van der Waals surface area (Å²) in [6.45, 7) is 6.20. The molecule has 30 heavy (non-hydrogen) atoms. The predicted octanol–water partition coefficient (Wildman–Crippen LogP) is 4.83. The molecule has 0 aromatic heterocycles. The number of para-hydroxylation sites is 1. The summed E-state index contributed by atoms with van der Waals surface area (Å²) < 4.78 is 11.2. The van der Waals surface area contributed by atoms with Crippen LogP contribution in [0, 0.1) is 0 Å². The van der Waals surface area contributed by atoms with Crippen molar-refractivity contribution in [2.75, 3.05) is 32.1 Å². The molecule has 162 valence electrons. The van der Waals surface area contributed by atoms with Gasteiger partial charge >= 0.3 is 6.03 Å². The lowest BCUT2D eigenvalue weighted by atomic mass is 10.0. The second kappa shape index (κ2) is 10.8. The molecule has 2 aromatic rings. The molecule has 6 heteroatoms. The molecule has 6 nitrogen and oxygen atoms in total. The minimum atomic E-state index is -0.119. The Morgan fingerprint density at radius 3 is 2.53 bits per heavy atom. The van der Waals surface area contributed by atoms with Gasteiger partial charge in [0, 0.05) is 24.8 Å². The third-order valence-corrected chi connectivity index (χ3v) is 5.42. The van der Waals surface area contributed by atoms with E-state index in [2.05, 4.69) is 29.7 Å². The van der Waals surface area contributed by atoms with Gasteiger partial charge in [-0.25, -0.2) is 4.79 Å². The molecular formula is C24H33N3O3. The van der Waals surface area contributed by atoms with Crippen LogP contribution in [0.2, 0.25) is 0 Å². The van der Waals surface area contributed by atoms with Crippen molar-refractivity contribution in [1.82, 2.24) is 10.2 Å². The van der Waals surface area contributed by atoms with Crippen LogP contribution in [0.15, 0.2) is 48.5 Å². The number of likely N-dealkylation sites (tertiary alicyclic amines) is 1. The van der Waals surface area contributed by atoms with Crippen molar-refractivity contribution >= 4 is 11.7 Å². The molecule has 0 spiro atoms. The van der Waals surface area contributed by atoms with E-state index >= 15 is 0 Å². The first-order valence-corrected chi connectivity index (χ1v) is 10.8. The van der Waals surface area contributed by atoms with Crippen LogP contribution >= 0.6 is 0 Å². The van der Waals surface area contributed by atoms with Crippen LogP contribution in [-0.2, 0) is 0 Å². The number of piperidine rings is 1. The third kappa shape index (κ3) is 5.81. The molecule has 1 fully saturated rings. The highest BCUT2D eigenvalue weighted by molar-refractivity contribution is 5.75. The zero-order valence-electron chi connectivity index (χ0n) is 18.2. The van der Waals surface area contributed by atoms with Gasteiger partial charge in [0.2, 0.25) is 0 Å². The van der Waals surface area contributed by atoms with Crippen molar-refractivity contribution in [2.24, 2.45) is 0 Å². The molecule has 1 aliphatic heterocycles. The Morgan fingerprint density at radius 2 is 1.87 bits per heavy atom. The number of methoxy groups -OCH3 is 1. The Hall–Kier alpha value is -2.89. The van der Waals surface area contributed by atoms with Gasteiger partial charge in [-0.15, -0.1) is 0 Å². The Morgan fingerprint density at radius 1 is 1.13 bits per heavy atom. The number of nitrogens with one attached hydrogen (secondary N) is 2. The average molecular weight is 412 g/mol. The van der Waals surface area contributed by atoms with Crippen LogP contribution in [0.5, 0.6) is 11.5 Å². The smallest absolute Gasteiger partial charge is 0.317 e. The van der Waals surface area contributed by atoms with Gasteiger partial charge in [0.15, 0.2) is 11.5 Å². The van der Waals surface area contributed by atoms with Crippen LogP contribution in [0.25, 0.3) is 0 Å². The number of benzene rings is 2. The molecular weight excluding hydrogens is 378 g/mol. The molecule has 2 aromatic carbocycles. The van der Waals surface area contributed by atoms with Crippen LogP contribution in [0.1, 0.15) is 44.7 Å². The predicted molar refractivity (Wildman–Crippen MR) is 120 cm³/mol. The molecule has 0 aliphatic carbocycles. The molecule has 3 rings (SSSR count). The summed E-state index contributed by atoms with van der Waals surface area (Å²) in [7, 11) is 1.63. The van der Waals surface area contributed by atoms with E-state index < -0.39 is 0 Å². The Kier molecular flexibility index (Phi) is 7.82. The Labute approximate surface area is 179 Å². The fraction of sp³-hybridized carbons (Fsp3) is 0.458. The summed E-state index contributed by atoms with van der Waals surface area (Å²) in [6.07, 6.45) is 2.82. The number of nitrogens with zero attached hydrogens (tertiary/aromatic N) is 1. The van der Waals surface area contributed by atoms with Gasteiger partial charge in [-0.05, 0) is 56.0 Å². The van der Waals surface area contributed by atoms with E-state index in [0.29, 0.717) is 18.4 Å². The van der Waals surface area contributed by atoms with Crippen molar-refractivity contribution < 1.29 is 14.3 Å². The molecule has 0 radical (unpaired) electrons. The van der Waals surface area contributed by atoms with Gasteiger partial charge in [-0.3, -0.25) is 0 Å². The standard InChI is InChI=1S/C24H33N3O3/c1-4-16-30-22-11-10-19(17-23(22)29-3)18(2)25-24(28)27-14-12-21(13-15-27)26-20-8-6-5-7-9-20/h5-11,17-18,21,26H,4,12-16H2,1-3H3,(H,25,28). The highest BCUT2D eigenvalue weighted by Crippen LogP contribution is 2.30. The first-order valence-electron chi connectivity index (χ1n) is 10.8. The topological polar surface area (TPSA) is 62.8 Å². The van der Waals surface area contributed by atoms with Crippen LogP contribution in [-0.4, -0.2) is 43.8 Å². The number of urea groups is 1. The number of hydrogen-bond acceptors (Lipinski definition) is 4. The molecule has 1 heterocycles. The summed E-state index contributed by atoms with van der Waals surface area (Å²) in [5.74, 6) is 1.42. The van der Waals surface area contributed by atoms with E-state index in [9.17, 15) is 4.79 Å². The van der Waals surface area contributed by atoms with Crippen molar-refractivity contribution in [3.05, 3.63) is 54.1 Å². The number of carbonyl (C=O) groups excluding carboxylic acids is 1. The second-order valence-electron chi connectivity index (χ2n) is 7.70. The van der Waals surface area contributed by atoms with E-state index in [1.807, 2.05) is 48.2 Å². The largest absolute Gasteiger partial charge is 0.493 e. The maximum atomic E-state index is 12.7. The van der Waals surface area contributed by atoms with Gasteiger partial charge in [0.1, 0.15) is 0 Å². The minimum Gasteiger partial charge on any atom is -0.493 e. The molecule has 2 N–H and O–H groups in total. The summed E-state index contributed by atoms with van der Waals surface area (Å²) in [4.78, 5) is 14.6. The highest BCUT2D eigenvalue weighted by atomic mass is 16.5. The summed E-state index contributed by atoms with van der Waals surface area (Å²) in [6, 6.07) is 16.3. The van der Waals surface area contributed by atoms with Gasteiger partial charge in [0.05, 0.1) is 19.8 Å². The summed E-state index contributed by atoms with van der Waals surface area (Å²) in [5.41, 5.74) is 2.12. The zero-order valence-corrected chi connectivity index (χ0v) is 18.2. The van der Waals surface area contributed by atoms with Gasteiger partial charge in [-0.1, -0.05) is 31.2 Å². The maximum absolute atomic E-state index is 12.7. The van der Waals surface area contributed by atoms with Crippen molar-refractivity contribution in [1.29, 1.82) is 0 Å². The zero-order chi connectivity index (χ0) is 21.3. The van der Waals surface area contributed by atoms with Gasteiger partial charge < -0.3 is 25.0 Å². The number of rotatable bonds is 8. The Bertz CT molecular complexity index is 805. The molecule has 1 aliphatic rings. The minimum absolute atomic E-state index is 0.0223. The van der Waals surface area contributed by atoms with E-state index in [4.69, 9.17) is 9.47 Å². The molecule has 1 unspecified atom stereocenters. The molecule has 1 saturated heterocycles. The maximum Gasteiger partial charge on any atom is 0.317 e. The lowest BCUT2D eigenvalue weighted by Gasteiger charge is -2.33. The SMILES string of the molecule is CCCOc1ccc(C(C)NC(=O)N2CCC(Nc3ccccc3)CC2)cc1OC. The number of ether oxygens (including phenoxy) is 2. The second-order valence-corrected chi connectivity index (χ2v) is 7.70. The summed E-state index contributed by atoms with van der Waals surface area (Å²) in [5, 5.41) is 6.67. The van der Waals surface area contributed by atoms with Gasteiger partial charge in [0.25, 0.3) is 0 Å². The van der Waals surface area contributed by atoms with Gasteiger partial charge in [-0.2, -0.15) is 0 Å². The molecule has 1 atom stereocenters. The van der Waals surface area contributed by atoms with E-state index in [-0.39, 0.29) is 12.1 Å². The first-order chi connectivity index (χ1) is 14.6. The lowest BCUT2D eigenvalue weighted by Crippen LogP contribution is -2.47. The Balaban J connectivity index is 1.51. The van der Waals surface area contributed by atoms with Crippen molar-refractivity contribution in [3.8, 4) is 11.5 Å². The molecule has 0 bridgehead atoms. The summed E-state index contributed by atoms with van der Waals surface area (Å²) >= 11 is 0. The normalized spacial score (nSPS) is 15.4. The van der Waals surface area contributed by atoms with Crippen LogP contribution < -0.4 is 20.1 Å². The highest BCUT2D eigenvalue weighted by Gasteiger charge is 2.24. The van der Waals surface area contributed by atoms with Crippen molar-refractivity contribution in [3.63, 3.8) is 0 Å². The monoisotopic (exact) mass is 411 g/mol. The number of carbonyl (C=O) groups is 1. The molecule has 2 amide bonds. The number of anilines is 1. The fourth-order valence-electron chi connectivity index (χ4n) is 3.64. The van der Waals surface area contributed by atoms with E-state index in [1.165, 1.54) is 0 Å². The number of hydrogen-bond donors (Lipinski definition) is 2.